The van der Waals surface area contributed by atoms with Gasteiger partial charge in [-0.15, -0.1) is 0 Å². The van der Waals surface area contributed by atoms with Crippen LogP contribution in [0.2, 0.25) is 0 Å². The normalized spacial score (nSPS) is 15.5. The minimum atomic E-state index is -2.99. The van der Waals surface area contributed by atoms with E-state index in [1.54, 1.807) is 30.0 Å². The van der Waals surface area contributed by atoms with Crippen molar-refractivity contribution < 1.29 is 37.3 Å². The monoisotopic (exact) mass is 462 g/mol. The molecule has 8 nitrogen and oxygen atoms in total. The number of amides is 2. The van der Waals surface area contributed by atoms with E-state index in [0.29, 0.717) is 48.7 Å². The van der Waals surface area contributed by atoms with Crippen LogP contribution in [0.15, 0.2) is 36.4 Å². The number of hydrogen-bond donors (Lipinski definition) is 1. The molecule has 2 aromatic carbocycles. The number of anilines is 1. The fourth-order valence-electron chi connectivity index (χ4n) is 3.85. The fraction of sp³-hybridized carbons (Fsp3) is 0.391. The van der Waals surface area contributed by atoms with Crippen LogP contribution in [0.1, 0.15) is 30.1 Å². The first-order valence-electron chi connectivity index (χ1n) is 10.7. The van der Waals surface area contributed by atoms with Gasteiger partial charge in [-0.25, -0.2) is 0 Å². The molecule has 0 saturated carbocycles. The lowest BCUT2D eigenvalue weighted by Crippen LogP contribution is -2.41. The van der Waals surface area contributed by atoms with E-state index < -0.39 is 6.61 Å². The average molecular weight is 462 g/mol. The summed E-state index contributed by atoms with van der Waals surface area (Å²) in [7, 11) is 0. The zero-order valence-electron chi connectivity index (χ0n) is 18.0. The molecule has 0 spiro atoms. The number of nitrogens with zero attached hydrogens (tertiary/aromatic N) is 1. The Morgan fingerprint density at radius 1 is 1.09 bits per heavy atom. The van der Waals surface area contributed by atoms with Gasteiger partial charge in [-0.1, -0.05) is 0 Å². The number of nitrogens with one attached hydrogen (secondary N) is 1. The molecule has 176 valence electrons. The first kappa shape index (κ1) is 22.6. The van der Waals surface area contributed by atoms with Gasteiger partial charge in [0.1, 0.15) is 0 Å². The quantitative estimate of drug-likeness (QED) is 0.672. The Balaban J connectivity index is 1.34. The maximum Gasteiger partial charge on any atom is 0.387 e. The summed E-state index contributed by atoms with van der Waals surface area (Å²) in [5.41, 5.74) is 0.931. The molecule has 0 atom stereocenters. The Hall–Kier alpha value is -3.56. The van der Waals surface area contributed by atoms with Crippen molar-refractivity contribution in [2.45, 2.75) is 26.4 Å². The highest BCUT2D eigenvalue weighted by Crippen LogP contribution is 2.35. The Morgan fingerprint density at radius 3 is 2.58 bits per heavy atom. The number of halogens is 2. The first-order chi connectivity index (χ1) is 15.9. The van der Waals surface area contributed by atoms with Crippen LogP contribution in [0, 0.1) is 5.92 Å². The molecule has 2 aliphatic heterocycles. The maximum absolute atomic E-state index is 12.9. The van der Waals surface area contributed by atoms with Gasteiger partial charge in [-0.2, -0.15) is 8.78 Å². The average Bonchev–Trinajstić information content (AvgIpc) is 3.27. The summed E-state index contributed by atoms with van der Waals surface area (Å²) >= 11 is 0. The smallest absolute Gasteiger partial charge is 0.387 e. The summed E-state index contributed by atoms with van der Waals surface area (Å²) in [5.74, 6) is 0.581. The van der Waals surface area contributed by atoms with E-state index in [0.717, 1.165) is 0 Å². The molecule has 4 rings (SSSR count). The molecule has 2 aliphatic rings. The molecule has 1 fully saturated rings. The zero-order valence-corrected chi connectivity index (χ0v) is 18.0. The van der Waals surface area contributed by atoms with Gasteiger partial charge < -0.3 is 29.2 Å². The van der Waals surface area contributed by atoms with Crippen LogP contribution in [0.25, 0.3) is 0 Å². The van der Waals surface area contributed by atoms with E-state index in [4.69, 9.17) is 14.2 Å². The van der Waals surface area contributed by atoms with Crippen LogP contribution in [-0.4, -0.2) is 49.8 Å². The van der Waals surface area contributed by atoms with Crippen molar-refractivity contribution in [3.05, 3.63) is 42.0 Å². The molecule has 0 radical (unpaired) electrons. The molecule has 0 unspecified atom stereocenters. The molecule has 1 saturated heterocycles. The van der Waals surface area contributed by atoms with Crippen LogP contribution in [0.4, 0.5) is 14.5 Å². The third-order valence-corrected chi connectivity index (χ3v) is 5.50. The minimum Gasteiger partial charge on any atom is -0.490 e. The summed E-state index contributed by atoms with van der Waals surface area (Å²) < 4.78 is 45.6. The minimum absolute atomic E-state index is 0.0849. The van der Waals surface area contributed by atoms with Crippen LogP contribution in [0.5, 0.6) is 23.0 Å². The van der Waals surface area contributed by atoms with Crippen LogP contribution in [-0.2, 0) is 4.79 Å². The lowest BCUT2D eigenvalue weighted by molar-refractivity contribution is -0.121. The SMILES string of the molecule is CCOc1cc(C(=O)N2CCC(C(=O)Nc3ccc4c(c3)OCO4)CC2)ccc1OC(F)F. The number of likely N-dealkylation sites (tertiary alicyclic amines) is 1. The number of ether oxygens (including phenoxy) is 4. The van der Waals surface area contributed by atoms with Crippen molar-refractivity contribution in [2.75, 3.05) is 31.8 Å². The van der Waals surface area contributed by atoms with Gasteiger partial charge in [0.2, 0.25) is 12.7 Å². The molecule has 1 N–H and O–H groups in total. The summed E-state index contributed by atoms with van der Waals surface area (Å²) in [5, 5.41) is 2.89. The van der Waals surface area contributed by atoms with E-state index in [1.807, 2.05) is 0 Å². The van der Waals surface area contributed by atoms with E-state index >= 15 is 0 Å². The number of piperidine rings is 1. The van der Waals surface area contributed by atoms with Crippen molar-refractivity contribution >= 4 is 17.5 Å². The Kier molecular flexibility index (Phi) is 6.81. The molecule has 33 heavy (non-hydrogen) atoms. The molecule has 2 aromatic rings. The molecule has 0 bridgehead atoms. The van der Waals surface area contributed by atoms with E-state index in [9.17, 15) is 18.4 Å². The highest BCUT2D eigenvalue weighted by Gasteiger charge is 2.29. The number of hydrogen-bond acceptors (Lipinski definition) is 6. The van der Waals surface area contributed by atoms with Gasteiger partial charge in [-0.3, -0.25) is 9.59 Å². The Labute approximate surface area is 189 Å². The van der Waals surface area contributed by atoms with Gasteiger partial charge in [0, 0.05) is 36.3 Å². The highest BCUT2D eigenvalue weighted by atomic mass is 19.3. The molecular weight excluding hydrogens is 438 g/mol. The number of carbonyl (C=O) groups excluding carboxylic acids is 2. The van der Waals surface area contributed by atoms with Crippen molar-refractivity contribution in [3.63, 3.8) is 0 Å². The fourth-order valence-corrected chi connectivity index (χ4v) is 3.85. The Bertz CT molecular complexity index is 1020. The number of rotatable bonds is 7. The van der Waals surface area contributed by atoms with Crippen molar-refractivity contribution in [2.24, 2.45) is 5.92 Å². The van der Waals surface area contributed by atoms with Crippen molar-refractivity contribution in [3.8, 4) is 23.0 Å². The van der Waals surface area contributed by atoms with Crippen LogP contribution < -0.4 is 24.3 Å². The standard InChI is InChI=1S/C23H24F2N2O6/c1-2-30-19-11-15(3-5-18(19)33-23(24)25)22(29)27-9-7-14(8-10-27)21(28)26-16-4-6-17-20(12-16)32-13-31-17/h3-6,11-12,14,23H,2,7-10,13H2,1H3,(H,26,28). The molecule has 10 heteroatoms. The molecule has 2 amide bonds. The summed E-state index contributed by atoms with van der Waals surface area (Å²) in [6.45, 7) is -0.0862. The van der Waals surface area contributed by atoms with Gasteiger partial charge in [0.05, 0.1) is 6.61 Å². The van der Waals surface area contributed by atoms with Crippen molar-refractivity contribution in [1.29, 1.82) is 0 Å². The second kappa shape index (κ2) is 9.93. The number of benzene rings is 2. The third kappa shape index (κ3) is 5.27. The second-order valence-electron chi connectivity index (χ2n) is 7.60. The highest BCUT2D eigenvalue weighted by molar-refractivity contribution is 5.96. The summed E-state index contributed by atoms with van der Waals surface area (Å²) in [6, 6.07) is 9.35. The topological polar surface area (TPSA) is 86.3 Å². The predicted molar refractivity (Wildman–Crippen MR) is 114 cm³/mol. The number of alkyl halides is 2. The van der Waals surface area contributed by atoms with Crippen LogP contribution in [0.3, 0.4) is 0 Å². The summed E-state index contributed by atoms with van der Waals surface area (Å²) in [6.07, 6.45) is 1.01. The maximum atomic E-state index is 12.9. The number of fused-ring (bicyclic) bond motifs is 1. The first-order valence-corrected chi connectivity index (χ1v) is 10.7. The van der Waals surface area contributed by atoms with Gasteiger partial charge in [-0.05, 0) is 50.1 Å². The van der Waals surface area contributed by atoms with Gasteiger partial charge in [0.15, 0.2) is 23.0 Å². The second-order valence-corrected chi connectivity index (χ2v) is 7.60. The lowest BCUT2D eigenvalue weighted by atomic mass is 9.95. The Morgan fingerprint density at radius 2 is 1.85 bits per heavy atom. The van der Waals surface area contributed by atoms with Gasteiger partial charge >= 0.3 is 6.61 Å². The predicted octanol–water partition coefficient (Wildman–Crippen LogP) is 3.91. The van der Waals surface area contributed by atoms with E-state index in [-0.39, 0.29) is 42.6 Å². The van der Waals surface area contributed by atoms with Gasteiger partial charge in [0.25, 0.3) is 5.91 Å². The van der Waals surface area contributed by atoms with Crippen molar-refractivity contribution in [1.82, 2.24) is 4.90 Å². The van der Waals surface area contributed by atoms with E-state index in [2.05, 4.69) is 10.1 Å². The molecule has 0 aromatic heterocycles. The largest absolute Gasteiger partial charge is 0.490 e. The van der Waals surface area contributed by atoms with E-state index in [1.165, 1.54) is 18.2 Å². The third-order valence-electron chi connectivity index (χ3n) is 5.50. The molecular formula is C23H24F2N2O6. The zero-order chi connectivity index (χ0) is 23.4. The number of carbonyl (C=O) groups is 2. The van der Waals surface area contributed by atoms with Crippen LogP contribution >= 0.6 is 0 Å². The lowest BCUT2D eigenvalue weighted by Gasteiger charge is -2.31. The molecule has 0 aliphatic carbocycles. The summed E-state index contributed by atoms with van der Waals surface area (Å²) in [4.78, 5) is 27.2. The molecule has 2 heterocycles.